The molecule has 1 aromatic carbocycles. The van der Waals surface area contributed by atoms with Gasteiger partial charge < -0.3 is 10.1 Å². The first kappa shape index (κ1) is 12.0. The first-order chi connectivity index (χ1) is 8.84. The van der Waals surface area contributed by atoms with Crippen molar-refractivity contribution in [3.05, 3.63) is 29.3 Å². The SMILES string of the molecule is Cc1cccc2c1OCCCC2NCC1CCC1. The van der Waals surface area contributed by atoms with E-state index in [-0.39, 0.29) is 0 Å². The van der Waals surface area contributed by atoms with E-state index in [0.29, 0.717) is 6.04 Å². The lowest BCUT2D eigenvalue weighted by Crippen LogP contribution is -2.30. The average Bonchev–Trinajstić information content (AvgIpc) is 2.51. The minimum atomic E-state index is 0.489. The lowest BCUT2D eigenvalue weighted by atomic mass is 9.85. The van der Waals surface area contributed by atoms with E-state index in [4.69, 9.17) is 4.74 Å². The Morgan fingerprint density at radius 1 is 1.22 bits per heavy atom. The highest BCUT2D eigenvalue weighted by Crippen LogP contribution is 2.34. The molecule has 0 amide bonds. The standard InChI is InChI=1S/C16H23NO/c1-12-5-2-8-14-15(9-4-10-18-16(12)14)17-11-13-6-3-7-13/h2,5,8,13,15,17H,3-4,6-7,9-11H2,1H3. The highest BCUT2D eigenvalue weighted by molar-refractivity contribution is 5.43. The molecule has 1 aliphatic carbocycles. The van der Waals surface area contributed by atoms with Crippen LogP contribution >= 0.6 is 0 Å². The van der Waals surface area contributed by atoms with Gasteiger partial charge in [-0.2, -0.15) is 0 Å². The second-order valence-corrected chi connectivity index (χ2v) is 5.74. The minimum absolute atomic E-state index is 0.489. The largest absolute Gasteiger partial charge is 0.493 e. The van der Waals surface area contributed by atoms with Gasteiger partial charge in [0.2, 0.25) is 0 Å². The molecule has 18 heavy (non-hydrogen) atoms. The van der Waals surface area contributed by atoms with E-state index in [1.54, 1.807) is 0 Å². The zero-order chi connectivity index (χ0) is 12.4. The normalized spacial score (nSPS) is 23.7. The number of nitrogens with one attached hydrogen (secondary N) is 1. The number of rotatable bonds is 3. The third-order valence-corrected chi connectivity index (χ3v) is 4.38. The Hall–Kier alpha value is -1.02. The summed E-state index contributed by atoms with van der Waals surface area (Å²) < 4.78 is 5.92. The predicted molar refractivity (Wildman–Crippen MR) is 74.0 cm³/mol. The van der Waals surface area contributed by atoms with Gasteiger partial charge in [0.15, 0.2) is 0 Å². The number of aryl methyl sites for hydroxylation is 1. The summed E-state index contributed by atoms with van der Waals surface area (Å²) in [6.45, 7) is 4.19. The summed E-state index contributed by atoms with van der Waals surface area (Å²) in [4.78, 5) is 0. The van der Waals surface area contributed by atoms with E-state index in [1.807, 2.05) is 0 Å². The van der Waals surface area contributed by atoms with Gasteiger partial charge in [0.05, 0.1) is 6.61 Å². The van der Waals surface area contributed by atoms with Gasteiger partial charge in [-0.15, -0.1) is 0 Å². The van der Waals surface area contributed by atoms with Crippen LogP contribution in [0.5, 0.6) is 5.75 Å². The van der Waals surface area contributed by atoms with Gasteiger partial charge in [0.25, 0.3) is 0 Å². The van der Waals surface area contributed by atoms with Crippen molar-refractivity contribution in [1.29, 1.82) is 0 Å². The van der Waals surface area contributed by atoms with Crippen molar-refractivity contribution in [2.75, 3.05) is 13.2 Å². The fraction of sp³-hybridized carbons (Fsp3) is 0.625. The van der Waals surface area contributed by atoms with Crippen LogP contribution in [0, 0.1) is 12.8 Å². The molecule has 0 radical (unpaired) electrons. The van der Waals surface area contributed by atoms with Gasteiger partial charge in [0, 0.05) is 11.6 Å². The summed E-state index contributed by atoms with van der Waals surface area (Å²) in [5.41, 5.74) is 2.64. The van der Waals surface area contributed by atoms with Gasteiger partial charge in [-0.1, -0.05) is 24.6 Å². The van der Waals surface area contributed by atoms with Crippen LogP contribution in [0.25, 0.3) is 0 Å². The molecule has 1 N–H and O–H groups in total. The molecule has 1 aliphatic heterocycles. The van der Waals surface area contributed by atoms with E-state index in [0.717, 1.165) is 24.7 Å². The van der Waals surface area contributed by atoms with Gasteiger partial charge in [-0.05, 0) is 50.6 Å². The van der Waals surface area contributed by atoms with Gasteiger partial charge >= 0.3 is 0 Å². The molecular formula is C16H23NO. The van der Waals surface area contributed by atoms with Crippen LogP contribution in [0.1, 0.15) is 49.3 Å². The van der Waals surface area contributed by atoms with E-state index in [2.05, 4.69) is 30.4 Å². The molecule has 1 atom stereocenters. The lowest BCUT2D eigenvalue weighted by molar-refractivity contribution is 0.284. The maximum absolute atomic E-state index is 5.92. The highest BCUT2D eigenvalue weighted by atomic mass is 16.5. The smallest absolute Gasteiger partial charge is 0.126 e. The van der Waals surface area contributed by atoms with Crippen molar-refractivity contribution < 1.29 is 4.74 Å². The molecule has 1 unspecified atom stereocenters. The molecule has 98 valence electrons. The van der Waals surface area contributed by atoms with Crippen molar-refractivity contribution in [2.45, 2.75) is 45.1 Å². The molecule has 1 aromatic rings. The van der Waals surface area contributed by atoms with Crippen LogP contribution in [0.2, 0.25) is 0 Å². The van der Waals surface area contributed by atoms with Crippen LogP contribution in [-0.2, 0) is 0 Å². The van der Waals surface area contributed by atoms with E-state index >= 15 is 0 Å². The lowest BCUT2D eigenvalue weighted by Gasteiger charge is -2.28. The van der Waals surface area contributed by atoms with Crippen molar-refractivity contribution in [3.8, 4) is 5.75 Å². The maximum Gasteiger partial charge on any atom is 0.126 e. The highest BCUT2D eigenvalue weighted by Gasteiger charge is 2.23. The van der Waals surface area contributed by atoms with Crippen molar-refractivity contribution in [1.82, 2.24) is 5.32 Å². The van der Waals surface area contributed by atoms with E-state index < -0.39 is 0 Å². The Labute approximate surface area is 110 Å². The molecule has 0 aromatic heterocycles. The molecule has 0 bridgehead atoms. The topological polar surface area (TPSA) is 21.3 Å². The molecule has 2 heteroatoms. The Kier molecular flexibility index (Phi) is 3.55. The number of hydrogen-bond acceptors (Lipinski definition) is 2. The second kappa shape index (κ2) is 5.31. The molecular weight excluding hydrogens is 222 g/mol. The monoisotopic (exact) mass is 245 g/mol. The third kappa shape index (κ3) is 2.39. The predicted octanol–water partition coefficient (Wildman–Crippen LogP) is 3.60. The summed E-state index contributed by atoms with van der Waals surface area (Å²) in [5.74, 6) is 2.04. The summed E-state index contributed by atoms with van der Waals surface area (Å²) in [7, 11) is 0. The summed E-state index contributed by atoms with van der Waals surface area (Å²) in [6.07, 6.45) is 6.60. The summed E-state index contributed by atoms with van der Waals surface area (Å²) >= 11 is 0. The van der Waals surface area contributed by atoms with Crippen LogP contribution in [-0.4, -0.2) is 13.2 Å². The molecule has 3 rings (SSSR count). The fourth-order valence-electron chi connectivity index (χ4n) is 2.98. The summed E-state index contributed by atoms with van der Waals surface area (Å²) in [5, 5.41) is 3.77. The van der Waals surface area contributed by atoms with Crippen molar-refractivity contribution in [3.63, 3.8) is 0 Å². The van der Waals surface area contributed by atoms with Crippen LogP contribution < -0.4 is 10.1 Å². The Bertz CT molecular complexity index is 412. The number of hydrogen-bond donors (Lipinski definition) is 1. The molecule has 1 heterocycles. The Morgan fingerprint density at radius 2 is 2.11 bits per heavy atom. The average molecular weight is 245 g/mol. The van der Waals surface area contributed by atoms with Crippen LogP contribution in [0.15, 0.2) is 18.2 Å². The first-order valence-electron chi connectivity index (χ1n) is 7.30. The van der Waals surface area contributed by atoms with Gasteiger partial charge in [-0.3, -0.25) is 0 Å². The van der Waals surface area contributed by atoms with Crippen molar-refractivity contribution >= 4 is 0 Å². The van der Waals surface area contributed by atoms with Gasteiger partial charge in [-0.25, -0.2) is 0 Å². The molecule has 0 spiro atoms. The molecule has 1 fully saturated rings. The Morgan fingerprint density at radius 3 is 2.89 bits per heavy atom. The van der Waals surface area contributed by atoms with Crippen LogP contribution in [0.3, 0.4) is 0 Å². The van der Waals surface area contributed by atoms with Crippen LogP contribution in [0.4, 0.5) is 0 Å². The second-order valence-electron chi connectivity index (χ2n) is 5.74. The van der Waals surface area contributed by atoms with E-state index in [1.165, 1.54) is 43.4 Å². The minimum Gasteiger partial charge on any atom is -0.493 e. The zero-order valence-corrected chi connectivity index (χ0v) is 11.2. The van der Waals surface area contributed by atoms with E-state index in [9.17, 15) is 0 Å². The molecule has 2 nitrogen and oxygen atoms in total. The first-order valence-corrected chi connectivity index (χ1v) is 7.30. The van der Waals surface area contributed by atoms with Gasteiger partial charge in [0.1, 0.15) is 5.75 Å². The number of ether oxygens (including phenoxy) is 1. The Balaban J connectivity index is 1.75. The zero-order valence-electron chi connectivity index (χ0n) is 11.2. The maximum atomic E-state index is 5.92. The molecule has 2 aliphatic rings. The molecule has 1 saturated carbocycles. The third-order valence-electron chi connectivity index (χ3n) is 4.38. The quantitative estimate of drug-likeness (QED) is 0.878. The number of fused-ring (bicyclic) bond motifs is 1. The number of benzene rings is 1. The summed E-state index contributed by atoms with van der Waals surface area (Å²) in [6, 6.07) is 7.02. The fourth-order valence-corrected chi connectivity index (χ4v) is 2.98. The number of para-hydroxylation sites is 1. The van der Waals surface area contributed by atoms with Crippen molar-refractivity contribution in [2.24, 2.45) is 5.92 Å². The molecule has 0 saturated heterocycles.